The van der Waals surface area contributed by atoms with Gasteiger partial charge in [-0.25, -0.2) is 0 Å². The van der Waals surface area contributed by atoms with Gasteiger partial charge in [-0.1, -0.05) is 19.3 Å². The zero-order valence-electron chi connectivity index (χ0n) is 13.3. The molecule has 2 aliphatic rings. The number of hydrogen-bond donors (Lipinski definition) is 0. The first-order valence-electron chi connectivity index (χ1n) is 8.53. The molecule has 1 aliphatic carbocycles. The highest BCUT2D eigenvalue weighted by molar-refractivity contribution is 5.92. The van der Waals surface area contributed by atoms with E-state index in [4.69, 9.17) is 0 Å². The summed E-state index contributed by atoms with van der Waals surface area (Å²) in [5.41, 5.74) is 0.620. The van der Waals surface area contributed by atoms with Crippen molar-refractivity contribution < 1.29 is 4.79 Å². The van der Waals surface area contributed by atoms with Crippen LogP contribution in [-0.2, 0) is 0 Å². The van der Waals surface area contributed by atoms with Gasteiger partial charge in [0.15, 0.2) is 0 Å². The van der Waals surface area contributed by atoms with Gasteiger partial charge in [0, 0.05) is 24.8 Å². The van der Waals surface area contributed by atoms with Crippen LogP contribution in [0.5, 0.6) is 0 Å². The van der Waals surface area contributed by atoms with Crippen molar-refractivity contribution in [2.24, 2.45) is 5.92 Å². The van der Waals surface area contributed by atoms with E-state index in [1.165, 1.54) is 38.5 Å². The van der Waals surface area contributed by atoms with Crippen molar-refractivity contribution in [3.05, 3.63) is 18.0 Å². The van der Waals surface area contributed by atoms with Crippen LogP contribution in [0.3, 0.4) is 0 Å². The van der Waals surface area contributed by atoms with E-state index in [0.29, 0.717) is 17.8 Å². The minimum Gasteiger partial charge on any atom is -0.334 e. The number of hydrogen-bond acceptors (Lipinski definition) is 2. The highest BCUT2D eigenvalue weighted by atomic mass is 16.2. The first-order chi connectivity index (χ1) is 10.2. The summed E-state index contributed by atoms with van der Waals surface area (Å²) in [6.07, 6.45) is 10.7. The summed E-state index contributed by atoms with van der Waals surface area (Å²) in [6, 6.07) is 2.64. The number of amides is 1. The molecular formula is C17H27N3O. The zero-order valence-corrected chi connectivity index (χ0v) is 13.3. The fraction of sp³-hybridized carbons (Fsp3) is 0.765. The van der Waals surface area contributed by atoms with Crippen LogP contribution in [0.1, 0.15) is 75.3 Å². The smallest absolute Gasteiger partial charge is 0.274 e. The quantitative estimate of drug-likeness (QED) is 0.833. The third-order valence-corrected chi connectivity index (χ3v) is 5.11. The van der Waals surface area contributed by atoms with E-state index in [1.54, 1.807) is 0 Å². The average molecular weight is 289 g/mol. The standard InChI is InChI=1S/C17H27N3O/c1-13(2)20-12-10-15(18-20)17(21)19-11-6-5-8-14-7-3-4-9-16(14)19/h10,12-14,16H,3-9,11H2,1-2H3/t14-,16+/m0/s1. The van der Waals surface area contributed by atoms with Crippen molar-refractivity contribution in [2.45, 2.75) is 70.9 Å². The van der Waals surface area contributed by atoms with Crippen molar-refractivity contribution in [3.8, 4) is 0 Å². The van der Waals surface area contributed by atoms with Crippen molar-refractivity contribution in [3.63, 3.8) is 0 Å². The number of rotatable bonds is 2. The summed E-state index contributed by atoms with van der Waals surface area (Å²) >= 11 is 0. The van der Waals surface area contributed by atoms with E-state index in [9.17, 15) is 4.79 Å². The number of aromatic nitrogens is 2. The Bertz CT molecular complexity index is 494. The van der Waals surface area contributed by atoms with E-state index in [2.05, 4.69) is 23.8 Å². The Hall–Kier alpha value is -1.32. The molecule has 116 valence electrons. The molecule has 1 aromatic heterocycles. The van der Waals surface area contributed by atoms with Crippen LogP contribution >= 0.6 is 0 Å². The Labute approximate surface area is 127 Å². The lowest BCUT2D eigenvalue weighted by Crippen LogP contribution is -2.45. The second-order valence-electron chi connectivity index (χ2n) is 6.88. The fourth-order valence-corrected chi connectivity index (χ4v) is 3.93. The summed E-state index contributed by atoms with van der Waals surface area (Å²) in [6.45, 7) is 5.09. The first kappa shape index (κ1) is 14.6. The highest BCUT2D eigenvalue weighted by Gasteiger charge is 2.35. The summed E-state index contributed by atoms with van der Waals surface area (Å²) < 4.78 is 1.88. The summed E-state index contributed by atoms with van der Waals surface area (Å²) in [4.78, 5) is 15.0. The summed E-state index contributed by atoms with van der Waals surface area (Å²) in [7, 11) is 0. The molecule has 0 bridgehead atoms. The SMILES string of the molecule is CC(C)n1ccc(C(=O)N2CCCC[C@@H]3CCCC[C@H]32)n1. The Morgan fingerprint density at radius 3 is 2.62 bits per heavy atom. The number of nitrogens with zero attached hydrogens (tertiary/aromatic N) is 3. The Kier molecular flexibility index (Phi) is 4.32. The number of fused-ring (bicyclic) bond motifs is 1. The minimum atomic E-state index is 0.146. The van der Waals surface area contributed by atoms with Crippen LogP contribution in [0.25, 0.3) is 0 Å². The maximum Gasteiger partial charge on any atom is 0.274 e. The second-order valence-corrected chi connectivity index (χ2v) is 6.88. The number of carbonyl (C=O) groups is 1. The molecule has 1 amide bonds. The van der Waals surface area contributed by atoms with Gasteiger partial charge in [0.05, 0.1) is 0 Å². The predicted molar refractivity (Wildman–Crippen MR) is 83.2 cm³/mol. The molecule has 1 aliphatic heterocycles. The van der Waals surface area contributed by atoms with Gasteiger partial charge in [0.25, 0.3) is 5.91 Å². The monoisotopic (exact) mass is 289 g/mol. The van der Waals surface area contributed by atoms with Gasteiger partial charge in [-0.15, -0.1) is 0 Å². The lowest BCUT2D eigenvalue weighted by atomic mass is 9.81. The molecule has 21 heavy (non-hydrogen) atoms. The highest BCUT2D eigenvalue weighted by Crippen LogP contribution is 2.35. The number of carbonyl (C=O) groups excluding carboxylic acids is 1. The van der Waals surface area contributed by atoms with Gasteiger partial charge in [0.2, 0.25) is 0 Å². The minimum absolute atomic E-state index is 0.146. The van der Waals surface area contributed by atoms with Crippen molar-refractivity contribution in [1.29, 1.82) is 0 Å². The molecule has 0 radical (unpaired) electrons. The van der Waals surface area contributed by atoms with Gasteiger partial charge in [-0.05, 0) is 51.5 Å². The van der Waals surface area contributed by atoms with Crippen LogP contribution in [0.15, 0.2) is 12.3 Å². The molecule has 1 aromatic rings. The molecule has 0 spiro atoms. The molecule has 0 unspecified atom stereocenters. The lowest BCUT2D eigenvalue weighted by Gasteiger charge is -2.38. The fourth-order valence-electron chi connectivity index (χ4n) is 3.93. The van der Waals surface area contributed by atoms with E-state index in [0.717, 1.165) is 18.9 Å². The maximum atomic E-state index is 12.9. The zero-order chi connectivity index (χ0) is 14.8. The van der Waals surface area contributed by atoms with Crippen molar-refractivity contribution >= 4 is 5.91 Å². The second kappa shape index (κ2) is 6.20. The summed E-state index contributed by atoms with van der Waals surface area (Å²) in [5.74, 6) is 0.866. The predicted octanol–water partition coefficient (Wildman–Crippen LogP) is 3.65. The summed E-state index contributed by atoms with van der Waals surface area (Å²) in [5, 5.41) is 4.48. The van der Waals surface area contributed by atoms with Crippen LogP contribution in [-0.4, -0.2) is 33.2 Å². The van der Waals surface area contributed by atoms with Gasteiger partial charge in [-0.2, -0.15) is 5.10 Å². The first-order valence-corrected chi connectivity index (χ1v) is 8.53. The molecule has 2 atom stereocenters. The van der Waals surface area contributed by atoms with E-state index < -0.39 is 0 Å². The van der Waals surface area contributed by atoms with Crippen LogP contribution in [0.4, 0.5) is 0 Å². The number of likely N-dealkylation sites (tertiary alicyclic amines) is 1. The molecule has 0 N–H and O–H groups in total. The van der Waals surface area contributed by atoms with Gasteiger partial charge in [0.1, 0.15) is 5.69 Å². The molecule has 2 heterocycles. The Morgan fingerprint density at radius 2 is 1.90 bits per heavy atom. The molecule has 2 fully saturated rings. The molecule has 1 saturated carbocycles. The van der Waals surface area contributed by atoms with Gasteiger partial charge in [-0.3, -0.25) is 9.48 Å². The third kappa shape index (κ3) is 2.99. The largest absolute Gasteiger partial charge is 0.334 e. The van der Waals surface area contributed by atoms with Crippen LogP contribution in [0, 0.1) is 5.92 Å². The average Bonchev–Trinajstić information content (AvgIpc) is 2.88. The molecule has 4 heteroatoms. The van der Waals surface area contributed by atoms with Crippen molar-refractivity contribution in [2.75, 3.05) is 6.54 Å². The van der Waals surface area contributed by atoms with E-state index in [1.807, 2.05) is 16.9 Å². The van der Waals surface area contributed by atoms with E-state index >= 15 is 0 Å². The van der Waals surface area contributed by atoms with E-state index in [-0.39, 0.29) is 5.91 Å². The molecular weight excluding hydrogens is 262 g/mol. The molecule has 1 saturated heterocycles. The normalized spacial score (nSPS) is 26.5. The Balaban J connectivity index is 1.80. The Morgan fingerprint density at radius 1 is 1.19 bits per heavy atom. The molecule has 3 rings (SSSR count). The van der Waals surface area contributed by atoms with Gasteiger partial charge >= 0.3 is 0 Å². The third-order valence-electron chi connectivity index (χ3n) is 5.11. The van der Waals surface area contributed by atoms with Gasteiger partial charge < -0.3 is 4.90 Å². The molecule has 0 aromatic carbocycles. The topological polar surface area (TPSA) is 38.1 Å². The maximum absolute atomic E-state index is 12.9. The van der Waals surface area contributed by atoms with Crippen LogP contribution < -0.4 is 0 Å². The van der Waals surface area contributed by atoms with Crippen molar-refractivity contribution in [1.82, 2.24) is 14.7 Å². The van der Waals surface area contributed by atoms with Crippen LogP contribution in [0.2, 0.25) is 0 Å². The lowest BCUT2D eigenvalue weighted by molar-refractivity contribution is 0.0562. The molecule has 4 nitrogen and oxygen atoms in total.